The van der Waals surface area contributed by atoms with Gasteiger partial charge in [0.2, 0.25) is 0 Å². The van der Waals surface area contributed by atoms with E-state index >= 15 is 0 Å². The minimum absolute atomic E-state index is 0.300. The number of carbonyl (C=O) groups is 1. The monoisotopic (exact) mass is 278 g/mol. The van der Waals surface area contributed by atoms with Crippen LogP contribution in [0.25, 0.3) is 0 Å². The lowest BCUT2D eigenvalue weighted by atomic mass is 10.1. The average molecular weight is 278 g/mol. The Bertz CT molecular complexity index is 301. The van der Waals surface area contributed by atoms with Crippen molar-refractivity contribution in [1.82, 2.24) is 0 Å². The molecule has 20 heavy (non-hydrogen) atoms. The smallest absolute Gasteiger partial charge is 0.303 e. The summed E-state index contributed by atoms with van der Waals surface area (Å²) >= 11 is 0. The van der Waals surface area contributed by atoms with Crippen molar-refractivity contribution in [3.63, 3.8) is 0 Å². The zero-order valence-electron chi connectivity index (χ0n) is 12.9. The molecule has 0 atom stereocenters. The van der Waals surface area contributed by atoms with Crippen LogP contribution in [-0.2, 0) is 4.79 Å². The quantitative estimate of drug-likeness (QED) is 0.268. The van der Waals surface area contributed by atoms with Crippen LogP contribution in [0.2, 0.25) is 0 Å². The summed E-state index contributed by atoms with van der Waals surface area (Å²) in [5.74, 6) is -0.689. The predicted molar refractivity (Wildman–Crippen MR) is 86.9 cm³/mol. The molecular formula is C18H30O2. The van der Waals surface area contributed by atoms with Gasteiger partial charge in [0.1, 0.15) is 0 Å². The zero-order chi connectivity index (χ0) is 14.9. The third kappa shape index (κ3) is 16.7. The molecular weight excluding hydrogens is 248 g/mol. The van der Waals surface area contributed by atoms with Gasteiger partial charge in [0.25, 0.3) is 0 Å². The summed E-state index contributed by atoms with van der Waals surface area (Å²) < 4.78 is 0. The van der Waals surface area contributed by atoms with Gasteiger partial charge in [-0.25, -0.2) is 0 Å². The van der Waals surface area contributed by atoms with Crippen molar-refractivity contribution in [2.24, 2.45) is 0 Å². The van der Waals surface area contributed by atoms with E-state index in [4.69, 9.17) is 5.11 Å². The van der Waals surface area contributed by atoms with Crippen LogP contribution in [-0.4, -0.2) is 11.1 Å². The maximum atomic E-state index is 10.3. The van der Waals surface area contributed by atoms with Crippen LogP contribution < -0.4 is 0 Å². The van der Waals surface area contributed by atoms with Crippen LogP contribution in [0.15, 0.2) is 36.5 Å². The van der Waals surface area contributed by atoms with Gasteiger partial charge in [0.15, 0.2) is 0 Å². The van der Waals surface area contributed by atoms with E-state index in [0.717, 1.165) is 32.1 Å². The van der Waals surface area contributed by atoms with Crippen LogP contribution in [0.5, 0.6) is 0 Å². The van der Waals surface area contributed by atoms with E-state index in [1.54, 1.807) is 0 Å². The number of allylic oxidation sites excluding steroid dienone is 6. The Kier molecular flexibility index (Phi) is 14.7. The fourth-order valence-electron chi connectivity index (χ4n) is 1.85. The van der Waals surface area contributed by atoms with Gasteiger partial charge < -0.3 is 5.11 Å². The molecule has 0 saturated heterocycles. The van der Waals surface area contributed by atoms with Crippen molar-refractivity contribution in [2.75, 3.05) is 0 Å². The van der Waals surface area contributed by atoms with Crippen molar-refractivity contribution in [3.8, 4) is 0 Å². The van der Waals surface area contributed by atoms with E-state index in [1.807, 2.05) is 0 Å². The topological polar surface area (TPSA) is 37.3 Å². The van der Waals surface area contributed by atoms with Gasteiger partial charge >= 0.3 is 5.97 Å². The first-order valence-electron chi connectivity index (χ1n) is 7.95. The molecule has 0 aliphatic rings. The molecule has 2 heteroatoms. The van der Waals surface area contributed by atoms with Crippen molar-refractivity contribution in [2.45, 2.75) is 71.1 Å². The predicted octanol–water partition coefficient (Wildman–Crippen LogP) is 5.66. The van der Waals surface area contributed by atoms with E-state index in [0.29, 0.717) is 6.42 Å². The number of rotatable bonds is 13. The number of carboxylic acid groups (broad SMARTS) is 1. The van der Waals surface area contributed by atoms with Gasteiger partial charge in [-0.15, -0.1) is 0 Å². The van der Waals surface area contributed by atoms with Crippen LogP contribution in [0.3, 0.4) is 0 Å². The minimum atomic E-state index is -0.689. The van der Waals surface area contributed by atoms with Gasteiger partial charge in [-0.2, -0.15) is 0 Å². The van der Waals surface area contributed by atoms with Crippen LogP contribution in [0.4, 0.5) is 0 Å². The fraction of sp³-hybridized carbons (Fsp3) is 0.611. The molecule has 0 bridgehead atoms. The van der Waals surface area contributed by atoms with Crippen LogP contribution >= 0.6 is 0 Å². The fourth-order valence-corrected chi connectivity index (χ4v) is 1.85. The first kappa shape index (κ1) is 18.7. The number of unbranched alkanes of at least 4 members (excludes halogenated alkanes) is 6. The second-order valence-corrected chi connectivity index (χ2v) is 5.05. The molecule has 0 aromatic rings. The molecule has 0 saturated carbocycles. The highest BCUT2D eigenvalue weighted by molar-refractivity contribution is 5.66. The molecule has 0 spiro atoms. The summed E-state index contributed by atoms with van der Waals surface area (Å²) in [6, 6.07) is 0. The van der Waals surface area contributed by atoms with Crippen molar-refractivity contribution >= 4 is 5.97 Å². The molecule has 0 aromatic heterocycles. The molecule has 0 aromatic carbocycles. The van der Waals surface area contributed by atoms with E-state index < -0.39 is 5.97 Å². The second-order valence-electron chi connectivity index (χ2n) is 5.05. The number of aliphatic carboxylic acids is 1. The standard InChI is InChI=1S/C18H30O2/c1-2-3-4-5-6-7-8-9-10-11-12-13-14-15-16-17-18(19)20/h6-7,9-12H,2-5,8,13-17H2,1H3,(H,19,20)/b7-6-,10-9-,12-11+. The van der Waals surface area contributed by atoms with Gasteiger partial charge in [-0.3, -0.25) is 4.79 Å². The largest absolute Gasteiger partial charge is 0.481 e. The Morgan fingerprint density at radius 3 is 2.30 bits per heavy atom. The van der Waals surface area contributed by atoms with Crippen LogP contribution in [0.1, 0.15) is 71.1 Å². The Morgan fingerprint density at radius 2 is 1.55 bits per heavy atom. The van der Waals surface area contributed by atoms with Gasteiger partial charge in [0, 0.05) is 6.42 Å². The van der Waals surface area contributed by atoms with E-state index in [1.165, 1.54) is 25.7 Å². The van der Waals surface area contributed by atoms with Gasteiger partial charge in [-0.1, -0.05) is 62.6 Å². The molecule has 0 heterocycles. The number of carboxylic acids is 1. The molecule has 1 N–H and O–H groups in total. The lowest BCUT2D eigenvalue weighted by Crippen LogP contribution is -1.93. The summed E-state index contributed by atoms with van der Waals surface area (Å²) in [5, 5.41) is 8.49. The van der Waals surface area contributed by atoms with Gasteiger partial charge in [0.05, 0.1) is 0 Å². The van der Waals surface area contributed by atoms with E-state index in [9.17, 15) is 4.79 Å². The number of hydrogen-bond acceptors (Lipinski definition) is 1. The molecule has 2 nitrogen and oxygen atoms in total. The minimum Gasteiger partial charge on any atom is -0.481 e. The zero-order valence-corrected chi connectivity index (χ0v) is 12.9. The summed E-state index contributed by atoms with van der Waals surface area (Å²) in [5.41, 5.74) is 0. The van der Waals surface area contributed by atoms with Crippen molar-refractivity contribution < 1.29 is 9.90 Å². The molecule has 0 radical (unpaired) electrons. The maximum Gasteiger partial charge on any atom is 0.303 e. The highest BCUT2D eigenvalue weighted by Gasteiger charge is 1.94. The SMILES string of the molecule is CCCCC/C=C\C/C=C\C=C\CCCCCC(=O)O. The summed E-state index contributed by atoms with van der Waals surface area (Å²) in [6.07, 6.45) is 23.3. The third-order valence-electron chi connectivity index (χ3n) is 3.06. The summed E-state index contributed by atoms with van der Waals surface area (Å²) in [7, 11) is 0. The van der Waals surface area contributed by atoms with E-state index in [2.05, 4.69) is 43.4 Å². The molecule has 0 amide bonds. The number of hydrogen-bond donors (Lipinski definition) is 1. The first-order chi connectivity index (χ1) is 9.77. The summed E-state index contributed by atoms with van der Waals surface area (Å²) in [4.78, 5) is 10.3. The summed E-state index contributed by atoms with van der Waals surface area (Å²) in [6.45, 7) is 2.23. The third-order valence-corrected chi connectivity index (χ3v) is 3.06. The molecule has 114 valence electrons. The Labute approximate surface area is 124 Å². The Balaban J connectivity index is 3.32. The maximum absolute atomic E-state index is 10.3. The molecule has 0 unspecified atom stereocenters. The second kappa shape index (κ2) is 15.7. The Morgan fingerprint density at radius 1 is 0.850 bits per heavy atom. The van der Waals surface area contributed by atoms with Crippen molar-refractivity contribution in [3.05, 3.63) is 36.5 Å². The normalized spacial score (nSPS) is 12.1. The van der Waals surface area contributed by atoms with E-state index in [-0.39, 0.29) is 0 Å². The van der Waals surface area contributed by atoms with Crippen molar-refractivity contribution in [1.29, 1.82) is 0 Å². The highest BCUT2D eigenvalue weighted by Crippen LogP contribution is 2.04. The van der Waals surface area contributed by atoms with Gasteiger partial charge in [-0.05, 0) is 38.5 Å². The highest BCUT2D eigenvalue weighted by atomic mass is 16.4. The first-order valence-corrected chi connectivity index (χ1v) is 7.95. The van der Waals surface area contributed by atoms with Crippen LogP contribution in [0, 0.1) is 0 Å². The molecule has 0 rings (SSSR count). The Hall–Kier alpha value is -1.31. The lowest BCUT2D eigenvalue weighted by molar-refractivity contribution is -0.137. The lowest BCUT2D eigenvalue weighted by Gasteiger charge is -1.94. The average Bonchev–Trinajstić information content (AvgIpc) is 2.43. The molecule has 0 fully saturated rings. The molecule has 0 aliphatic carbocycles. The molecule has 0 aliphatic heterocycles.